The number of halogens is 7. The molecule has 0 radical (unpaired) electrons. The minimum Gasteiger partial charge on any atom is -0.484 e. The molecule has 2 heterocycles. The Morgan fingerprint density at radius 1 is 0.980 bits per heavy atom. The number of amides is 1. The van der Waals surface area contributed by atoms with E-state index >= 15 is 0 Å². The second-order valence-electron chi connectivity index (χ2n) is 10.5. The standard InChI is InChI=1S/C26H30ClN5O2S.2C2HF3O2/c1-17(19-7-5-6-8-20(19)27)34-23-14-24(35-25(23)26(28)33)32-16-29-21-10-9-18(13-22(21)32)15-31(4)12-11-30(2)3;2*3-2(4,5)1(6)7/h5-10,13-14,16-17H,11-12,15H2,1-4H3,(H2,28,33);2*(H,6,7)/t17-;;/m1../s1. The van der Waals surface area contributed by atoms with Gasteiger partial charge in [0.05, 0.1) is 11.0 Å². The zero-order valence-electron chi connectivity index (χ0n) is 26.3. The highest BCUT2D eigenvalue weighted by molar-refractivity contribution is 7.16. The van der Waals surface area contributed by atoms with E-state index in [1.54, 1.807) is 6.33 Å². The number of ether oxygens (including phenoxy) is 1. The van der Waals surface area contributed by atoms with E-state index < -0.39 is 30.2 Å². The molecule has 0 aliphatic rings. The number of likely N-dealkylation sites (N-methyl/N-ethyl adjacent to an activating group) is 2. The van der Waals surface area contributed by atoms with Gasteiger partial charge in [-0.25, -0.2) is 14.6 Å². The number of carbonyl (C=O) groups is 3. The molecule has 4 aromatic rings. The van der Waals surface area contributed by atoms with E-state index in [1.807, 2.05) is 47.9 Å². The molecule has 4 rings (SSSR count). The quantitative estimate of drug-likeness (QED) is 0.161. The molecule has 268 valence electrons. The SMILES string of the molecule is C[C@@H](Oc1cc(-n2cnc3ccc(CN(C)CCN(C)C)cc32)sc1C(N)=O)c1ccccc1Cl.O=C(O)C(F)(F)F.O=C(O)C(F)(F)F. The summed E-state index contributed by atoms with van der Waals surface area (Å²) in [7, 11) is 6.27. The number of aliphatic carboxylic acids is 2. The van der Waals surface area contributed by atoms with Crippen molar-refractivity contribution in [1.29, 1.82) is 0 Å². The summed E-state index contributed by atoms with van der Waals surface area (Å²) < 4.78 is 71.6. The molecule has 0 aliphatic heterocycles. The van der Waals surface area contributed by atoms with Gasteiger partial charge in [0.25, 0.3) is 5.91 Å². The number of thiophene rings is 1. The highest BCUT2D eigenvalue weighted by Gasteiger charge is 2.38. The number of rotatable bonds is 10. The summed E-state index contributed by atoms with van der Waals surface area (Å²) in [5, 5.41) is 15.7. The van der Waals surface area contributed by atoms with Gasteiger partial charge >= 0.3 is 24.3 Å². The number of nitrogens with two attached hydrogens (primary N) is 1. The van der Waals surface area contributed by atoms with Gasteiger partial charge in [0.1, 0.15) is 28.1 Å². The van der Waals surface area contributed by atoms with Crippen molar-refractivity contribution >= 4 is 51.8 Å². The van der Waals surface area contributed by atoms with Crippen molar-refractivity contribution in [3.8, 4) is 10.8 Å². The third-order valence-electron chi connectivity index (χ3n) is 6.27. The van der Waals surface area contributed by atoms with Gasteiger partial charge in [-0.2, -0.15) is 26.3 Å². The van der Waals surface area contributed by atoms with Crippen LogP contribution in [0.25, 0.3) is 16.0 Å². The number of hydrogen-bond donors (Lipinski definition) is 3. The molecular weight excluding hydrogens is 708 g/mol. The van der Waals surface area contributed by atoms with Crippen LogP contribution in [0, 0.1) is 0 Å². The topological polar surface area (TPSA) is 151 Å². The highest BCUT2D eigenvalue weighted by Crippen LogP contribution is 2.37. The molecule has 4 N–H and O–H groups in total. The van der Waals surface area contributed by atoms with Crippen molar-refractivity contribution in [3.63, 3.8) is 0 Å². The number of carboxylic acid groups (broad SMARTS) is 2. The van der Waals surface area contributed by atoms with Gasteiger partial charge in [0.2, 0.25) is 0 Å². The van der Waals surface area contributed by atoms with Crippen molar-refractivity contribution in [2.45, 2.75) is 31.9 Å². The maximum atomic E-state index is 12.2. The summed E-state index contributed by atoms with van der Waals surface area (Å²) in [6.07, 6.45) is -8.75. The molecule has 0 unspecified atom stereocenters. The number of aromatic nitrogens is 2. The molecule has 0 fully saturated rings. The number of primary amides is 1. The van der Waals surface area contributed by atoms with Gasteiger partial charge in [-0.15, -0.1) is 11.3 Å². The second-order valence-corrected chi connectivity index (χ2v) is 11.9. The first-order valence-electron chi connectivity index (χ1n) is 13.9. The van der Waals surface area contributed by atoms with Gasteiger partial charge in [-0.1, -0.05) is 35.9 Å². The Hall–Kier alpha value is -4.39. The Labute approximate surface area is 285 Å². The summed E-state index contributed by atoms with van der Waals surface area (Å²) in [5.74, 6) is -5.61. The molecule has 0 aliphatic carbocycles. The highest BCUT2D eigenvalue weighted by atomic mass is 35.5. The number of imidazole rings is 1. The summed E-state index contributed by atoms with van der Waals surface area (Å²) in [5.41, 5.74) is 9.57. The van der Waals surface area contributed by atoms with E-state index in [2.05, 4.69) is 48.1 Å². The third kappa shape index (κ3) is 12.5. The summed E-state index contributed by atoms with van der Waals surface area (Å²) in [6, 6.07) is 15.6. The van der Waals surface area contributed by atoms with Crippen molar-refractivity contribution in [3.05, 3.63) is 75.9 Å². The Bertz CT molecular complexity index is 1720. The fraction of sp³-hybridized carbons (Fsp3) is 0.333. The fourth-order valence-electron chi connectivity index (χ4n) is 3.89. The lowest BCUT2D eigenvalue weighted by Crippen LogP contribution is -2.28. The molecule has 0 saturated carbocycles. The number of fused-ring (bicyclic) bond motifs is 1. The van der Waals surface area contributed by atoms with Gasteiger partial charge < -0.3 is 30.5 Å². The molecule has 1 atom stereocenters. The monoisotopic (exact) mass is 739 g/mol. The van der Waals surface area contributed by atoms with Gasteiger partial charge in [0.15, 0.2) is 0 Å². The van der Waals surface area contributed by atoms with Crippen LogP contribution in [0.2, 0.25) is 5.02 Å². The largest absolute Gasteiger partial charge is 0.490 e. The molecule has 0 spiro atoms. The zero-order valence-corrected chi connectivity index (χ0v) is 27.9. The maximum absolute atomic E-state index is 12.2. The number of carboxylic acids is 2. The van der Waals surface area contributed by atoms with E-state index in [4.69, 9.17) is 41.9 Å². The van der Waals surface area contributed by atoms with E-state index in [-0.39, 0.29) is 6.10 Å². The molecule has 2 aromatic carbocycles. The lowest BCUT2D eigenvalue weighted by Gasteiger charge is -2.19. The van der Waals surface area contributed by atoms with Crippen molar-refractivity contribution in [2.24, 2.45) is 5.73 Å². The van der Waals surface area contributed by atoms with Crippen LogP contribution in [0.4, 0.5) is 26.3 Å². The first-order valence-corrected chi connectivity index (χ1v) is 15.1. The molecule has 0 saturated heterocycles. The van der Waals surface area contributed by atoms with Gasteiger partial charge in [-0.3, -0.25) is 9.36 Å². The van der Waals surface area contributed by atoms with Crippen LogP contribution < -0.4 is 10.5 Å². The van der Waals surface area contributed by atoms with Crippen LogP contribution in [0.15, 0.2) is 54.9 Å². The minimum atomic E-state index is -5.08. The smallest absolute Gasteiger partial charge is 0.484 e. The number of alkyl halides is 6. The normalized spacial score (nSPS) is 12.2. The summed E-state index contributed by atoms with van der Waals surface area (Å²) in [6.45, 7) is 4.70. The number of nitrogens with zero attached hydrogens (tertiary/aromatic N) is 4. The van der Waals surface area contributed by atoms with Crippen molar-refractivity contribution in [1.82, 2.24) is 19.4 Å². The van der Waals surface area contributed by atoms with Crippen LogP contribution in [-0.4, -0.2) is 94.0 Å². The molecular formula is C30H32ClF6N5O6S. The zero-order chi connectivity index (χ0) is 37.3. The Morgan fingerprint density at radius 2 is 1.55 bits per heavy atom. The van der Waals surface area contributed by atoms with Crippen molar-refractivity contribution in [2.75, 3.05) is 34.2 Å². The number of hydrogen-bond acceptors (Lipinski definition) is 8. The molecule has 11 nitrogen and oxygen atoms in total. The van der Waals surface area contributed by atoms with E-state index in [9.17, 15) is 31.1 Å². The third-order valence-corrected chi connectivity index (χ3v) is 7.75. The number of carbonyl (C=O) groups excluding carboxylic acids is 1. The van der Waals surface area contributed by atoms with Crippen LogP contribution >= 0.6 is 22.9 Å². The lowest BCUT2D eigenvalue weighted by molar-refractivity contribution is -0.193. The Morgan fingerprint density at radius 3 is 2.06 bits per heavy atom. The molecule has 19 heteroatoms. The van der Waals surface area contributed by atoms with Crippen LogP contribution in [0.3, 0.4) is 0 Å². The van der Waals surface area contributed by atoms with Crippen LogP contribution in [0.1, 0.15) is 33.8 Å². The number of benzene rings is 2. The van der Waals surface area contributed by atoms with E-state index in [1.165, 1.54) is 16.9 Å². The maximum Gasteiger partial charge on any atom is 0.490 e. The summed E-state index contributed by atoms with van der Waals surface area (Å²) >= 11 is 7.63. The Balaban J connectivity index is 0.000000500. The van der Waals surface area contributed by atoms with Crippen LogP contribution in [-0.2, 0) is 16.1 Å². The van der Waals surface area contributed by atoms with Gasteiger partial charge in [0, 0.05) is 36.3 Å². The molecule has 2 aromatic heterocycles. The molecule has 49 heavy (non-hydrogen) atoms. The minimum absolute atomic E-state index is 0.354. The van der Waals surface area contributed by atoms with Crippen LogP contribution in [0.5, 0.6) is 5.75 Å². The lowest BCUT2D eigenvalue weighted by atomic mass is 10.1. The van der Waals surface area contributed by atoms with Crippen molar-refractivity contribution < 1.29 is 55.7 Å². The first kappa shape index (κ1) is 40.8. The Kier molecular flexibility index (Phi) is 14.4. The second kappa shape index (κ2) is 17.3. The summed E-state index contributed by atoms with van der Waals surface area (Å²) in [4.78, 5) is 39.4. The molecule has 1 amide bonds. The van der Waals surface area contributed by atoms with E-state index in [0.717, 1.165) is 41.2 Å². The predicted molar refractivity (Wildman–Crippen MR) is 170 cm³/mol. The van der Waals surface area contributed by atoms with E-state index in [0.29, 0.717) is 15.6 Å². The first-order chi connectivity index (χ1) is 22.6. The van der Waals surface area contributed by atoms with Gasteiger partial charge in [-0.05, 0) is 51.8 Å². The average Bonchev–Trinajstić information content (AvgIpc) is 3.60. The molecule has 0 bridgehead atoms. The fourth-order valence-corrected chi connectivity index (χ4v) is 5.10. The average molecular weight is 740 g/mol. The predicted octanol–water partition coefficient (Wildman–Crippen LogP) is 6.24.